The van der Waals surface area contributed by atoms with Crippen LogP contribution in [0.25, 0.3) is 0 Å². The molecule has 1 nitrogen and oxygen atoms in total. The SMILES string of the molecule is C=CCC(=O)c1cccc(C2CCC2)c1. The fourth-order valence-corrected chi connectivity index (χ4v) is 1.96. The van der Waals surface area contributed by atoms with Crippen LogP contribution in [0.1, 0.15) is 47.5 Å². The number of allylic oxidation sites excluding steroid dienone is 1. The highest BCUT2D eigenvalue weighted by atomic mass is 16.1. The van der Waals surface area contributed by atoms with Crippen LogP contribution in [0.15, 0.2) is 36.9 Å². The number of Topliss-reactive ketones (excluding diaryl/α,β-unsaturated/α-hetero) is 1. The standard InChI is InChI=1S/C14H16O/c1-2-5-14(15)13-9-4-8-12(10-13)11-6-3-7-11/h2,4,8-11H,1,3,5-7H2. The Bertz CT molecular complexity index is 375. The Morgan fingerprint density at radius 2 is 2.27 bits per heavy atom. The molecular weight excluding hydrogens is 184 g/mol. The number of benzene rings is 1. The Labute approximate surface area is 90.8 Å². The summed E-state index contributed by atoms with van der Waals surface area (Å²) >= 11 is 0. The summed E-state index contributed by atoms with van der Waals surface area (Å²) in [5, 5.41) is 0. The zero-order valence-corrected chi connectivity index (χ0v) is 8.91. The van der Waals surface area contributed by atoms with E-state index in [1.54, 1.807) is 6.08 Å². The number of hydrogen-bond acceptors (Lipinski definition) is 1. The van der Waals surface area contributed by atoms with Crippen LogP contribution < -0.4 is 0 Å². The number of rotatable bonds is 4. The normalized spacial score (nSPS) is 15.7. The van der Waals surface area contributed by atoms with Crippen molar-refractivity contribution in [3.63, 3.8) is 0 Å². The van der Waals surface area contributed by atoms with Crippen LogP contribution in [0.4, 0.5) is 0 Å². The first-order valence-electron chi connectivity index (χ1n) is 5.55. The molecule has 1 aliphatic rings. The van der Waals surface area contributed by atoms with Crippen LogP contribution >= 0.6 is 0 Å². The average Bonchev–Trinajstić information content (AvgIpc) is 2.16. The summed E-state index contributed by atoms with van der Waals surface area (Å²) in [4.78, 5) is 11.7. The highest BCUT2D eigenvalue weighted by molar-refractivity contribution is 5.97. The Morgan fingerprint density at radius 3 is 2.87 bits per heavy atom. The number of ketones is 1. The fraction of sp³-hybridized carbons (Fsp3) is 0.357. The van der Waals surface area contributed by atoms with Crippen molar-refractivity contribution in [3.05, 3.63) is 48.0 Å². The Hall–Kier alpha value is -1.37. The Kier molecular flexibility index (Phi) is 3.00. The summed E-state index contributed by atoms with van der Waals surface area (Å²) in [5.41, 5.74) is 2.16. The van der Waals surface area contributed by atoms with Crippen LogP contribution in [-0.2, 0) is 0 Å². The van der Waals surface area contributed by atoms with E-state index in [1.165, 1.54) is 24.8 Å². The van der Waals surface area contributed by atoms with E-state index in [-0.39, 0.29) is 5.78 Å². The van der Waals surface area contributed by atoms with Gasteiger partial charge in [0.15, 0.2) is 5.78 Å². The molecule has 1 aromatic carbocycles. The highest BCUT2D eigenvalue weighted by Gasteiger charge is 2.19. The Balaban J connectivity index is 2.17. The first-order valence-corrected chi connectivity index (χ1v) is 5.55. The molecule has 0 saturated heterocycles. The maximum absolute atomic E-state index is 11.7. The molecule has 0 atom stereocenters. The molecule has 0 aromatic heterocycles. The van der Waals surface area contributed by atoms with Gasteiger partial charge in [0.25, 0.3) is 0 Å². The van der Waals surface area contributed by atoms with Crippen molar-refractivity contribution < 1.29 is 4.79 Å². The zero-order chi connectivity index (χ0) is 10.7. The van der Waals surface area contributed by atoms with E-state index in [0.717, 1.165) is 5.56 Å². The molecule has 0 radical (unpaired) electrons. The molecule has 0 unspecified atom stereocenters. The second-order valence-corrected chi connectivity index (χ2v) is 4.17. The molecule has 0 amide bonds. The fourth-order valence-electron chi connectivity index (χ4n) is 1.96. The van der Waals surface area contributed by atoms with E-state index in [1.807, 2.05) is 12.1 Å². The molecule has 15 heavy (non-hydrogen) atoms. The maximum atomic E-state index is 11.7. The molecule has 0 N–H and O–H groups in total. The maximum Gasteiger partial charge on any atom is 0.166 e. The largest absolute Gasteiger partial charge is 0.294 e. The summed E-state index contributed by atoms with van der Waals surface area (Å²) in [7, 11) is 0. The lowest BCUT2D eigenvalue weighted by Crippen LogP contribution is -2.09. The molecule has 1 fully saturated rings. The van der Waals surface area contributed by atoms with Crippen molar-refractivity contribution in [1.29, 1.82) is 0 Å². The molecule has 0 heterocycles. The predicted octanol–water partition coefficient (Wildman–Crippen LogP) is 3.71. The second-order valence-electron chi connectivity index (χ2n) is 4.17. The van der Waals surface area contributed by atoms with E-state index in [0.29, 0.717) is 12.3 Å². The molecule has 1 saturated carbocycles. The topological polar surface area (TPSA) is 17.1 Å². The van der Waals surface area contributed by atoms with Gasteiger partial charge in [0.05, 0.1) is 0 Å². The van der Waals surface area contributed by atoms with Gasteiger partial charge in [-0.15, -0.1) is 6.58 Å². The van der Waals surface area contributed by atoms with Crippen molar-refractivity contribution in [2.45, 2.75) is 31.6 Å². The molecule has 1 heteroatoms. The van der Waals surface area contributed by atoms with E-state index in [2.05, 4.69) is 18.7 Å². The van der Waals surface area contributed by atoms with Gasteiger partial charge in [-0.1, -0.05) is 30.7 Å². The quantitative estimate of drug-likeness (QED) is 0.535. The molecule has 78 valence electrons. The summed E-state index contributed by atoms with van der Waals surface area (Å²) in [6.07, 6.45) is 5.99. The Morgan fingerprint density at radius 1 is 1.47 bits per heavy atom. The summed E-state index contributed by atoms with van der Waals surface area (Å²) in [6, 6.07) is 8.07. The molecule has 1 aromatic rings. The van der Waals surface area contributed by atoms with Gasteiger partial charge < -0.3 is 0 Å². The smallest absolute Gasteiger partial charge is 0.166 e. The summed E-state index contributed by atoms with van der Waals surface area (Å²) in [6.45, 7) is 3.59. The van der Waals surface area contributed by atoms with Gasteiger partial charge in [-0.2, -0.15) is 0 Å². The first kappa shape index (κ1) is 10.2. The molecule has 2 rings (SSSR count). The van der Waals surface area contributed by atoms with Gasteiger partial charge >= 0.3 is 0 Å². The second kappa shape index (κ2) is 4.43. The number of carbonyl (C=O) groups excluding carboxylic acids is 1. The van der Waals surface area contributed by atoms with Crippen LogP contribution in [0.3, 0.4) is 0 Å². The molecule has 0 aliphatic heterocycles. The molecule has 1 aliphatic carbocycles. The third-order valence-corrected chi connectivity index (χ3v) is 3.11. The lowest BCUT2D eigenvalue weighted by molar-refractivity contribution is 0.0996. The lowest BCUT2D eigenvalue weighted by atomic mass is 9.79. The molecule has 0 spiro atoms. The average molecular weight is 200 g/mol. The number of carbonyl (C=O) groups is 1. The van der Waals surface area contributed by atoms with Gasteiger partial charge in [-0.05, 0) is 30.4 Å². The minimum atomic E-state index is 0.172. The van der Waals surface area contributed by atoms with Crippen molar-refractivity contribution in [2.24, 2.45) is 0 Å². The van der Waals surface area contributed by atoms with Gasteiger partial charge in [0.1, 0.15) is 0 Å². The third kappa shape index (κ3) is 2.17. The van der Waals surface area contributed by atoms with Crippen LogP contribution in [-0.4, -0.2) is 5.78 Å². The summed E-state index contributed by atoms with van der Waals surface area (Å²) < 4.78 is 0. The zero-order valence-electron chi connectivity index (χ0n) is 8.91. The van der Waals surface area contributed by atoms with Crippen LogP contribution in [0, 0.1) is 0 Å². The predicted molar refractivity (Wildman–Crippen MR) is 62.2 cm³/mol. The first-order chi connectivity index (χ1) is 7.31. The summed E-state index contributed by atoms with van der Waals surface area (Å²) in [5.74, 6) is 0.868. The van der Waals surface area contributed by atoms with Crippen molar-refractivity contribution in [2.75, 3.05) is 0 Å². The molecule has 0 bridgehead atoms. The van der Waals surface area contributed by atoms with Crippen molar-refractivity contribution in [1.82, 2.24) is 0 Å². The van der Waals surface area contributed by atoms with E-state index in [4.69, 9.17) is 0 Å². The van der Waals surface area contributed by atoms with Crippen LogP contribution in [0.2, 0.25) is 0 Å². The van der Waals surface area contributed by atoms with E-state index < -0.39 is 0 Å². The minimum Gasteiger partial charge on any atom is -0.294 e. The van der Waals surface area contributed by atoms with Gasteiger partial charge in [-0.3, -0.25) is 4.79 Å². The van der Waals surface area contributed by atoms with Gasteiger partial charge in [0, 0.05) is 12.0 Å². The van der Waals surface area contributed by atoms with E-state index >= 15 is 0 Å². The number of hydrogen-bond donors (Lipinski definition) is 0. The monoisotopic (exact) mass is 200 g/mol. The van der Waals surface area contributed by atoms with Gasteiger partial charge in [0.2, 0.25) is 0 Å². The van der Waals surface area contributed by atoms with E-state index in [9.17, 15) is 4.79 Å². The highest BCUT2D eigenvalue weighted by Crippen LogP contribution is 2.36. The van der Waals surface area contributed by atoms with Crippen LogP contribution in [0.5, 0.6) is 0 Å². The van der Waals surface area contributed by atoms with Gasteiger partial charge in [-0.25, -0.2) is 0 Å². The third-order valence-electron chi connectivity index (χ3n) is 3.11. The minimum absolute atomic E-state index is 0.172. The van der Waals surface area contributed by atoms with Crippen molar-refractivity contribution >= 4 is 5.78 Å². The lowest BCUT2D eigenvalue weighted by Gasteiger charge is -2.26. The van der Waals surface area contributed by atoms with Crippen molar-refractivity contribution in [3.8, 4) is 0 Å². The molecular formula is C14H16O.